The van der Waals surface area contributed by atoms with E-state index in [0.29, 0.717) is 36.0 Å². The van der Waals surface area contributed by atoms with Gasteiger partial charge in [-0.3, -0.25) is 4.79 Å². The Morgan fingerprint density at radius 3 is 2.75 bits per heavy atom. The van der Waals surface area contributed by atoms with Crippen molar-refractivity contribution in [3.8, 4) is 22.8 Å². The lowest BCUT2D eigenvalue weighted by molar-refractivity contribution is -0.111. The second-order valence-electron chi connectivity index (χ2n) is 8.71. The number of hydrogen-bond donors (Lipinski definition) is 1. The van der Waals surface area contributed by atoms with Gasteiger partial charge in [0.05, 0.1) is 18.5 Å². The minimum Gasteiger partial charge on any atom is -0.496 e. The number of hydrogen-bond acceptors (Lipinski definition) is 6. The lowest BCUT2D eigenvalue weighted by atomic mass is 10.1. The Balaban J connectivity index is 1.68. The number of carbonyl (C=O) groups excluding carboxylic acids is 1. The van der Waals surface area contributed by atoms with Gasteiger partial charge in [-0.15, -0.1) is 0 Å². The molecular weight excluding hydrogens is 454 g/mol. The average Bonchev–Trinajstić information content (AvgIpc) is 3.21. The molecule has 1 N–H and O–H groups in total. The van der Waals surface area contributed by atoms with Gasteiger partial charge in [-0.25, -0.2) is 9.97 Å². The van der Waals surface area contributed by atoms with E-state index in [9.17, 15) is 4.79 Å². The van der Waals surface area contributed by atoms with Crippen LogP contribution >= 0.6 is 0 Å². The van der Waals surface area contributed by atoms with Crippen molar-refractivity contribution in [1.82, 2.24) is 19.4 Å². The second-order valence-corrected chi connectivity index (χ2v) is 8.71. The first-order chi connectivity index (χ1) is 17.4. The molecule has 0 aliphatic heterocycles. The van der Waals surface area contributed by atoms with Crippen LogP contribution in [0.1, 0.15) is 11.4 Å². The smallest absolute Gasteiger partial charge is 0.247 e. The molecule has 2 aromatic heterocycles. The van der Waals surface area contributed by atoms with Crippen LogP contribution in [0.2, 0.25) is 0 Å². The number of ether oxygens (including phenoxy) is 2. The number of methoxy groups -OCH3 is 1. The molecule has 36 heavy (non-hydrogen) atoms. The number of nitrogens with zero attached hydrogens (tertiary/aromatic N) is 4. The fraction of sp³-hybridized carbons (Fsp3) is 0.250. The largest absolute Gasteiger partial charge is 0.496 e. The van der Waals surface area contributed by atoms with E-state index in [-0.39, 0.29) is 5.91 Å². The van der Waals surface area contributed by atoms with Crippen LogP contribution in [0.15, 0.2) is 67.5 Å². The van der Waals surface area contributed by atoms with E-state index in [0.717, 1.165) is 34.3 Å². The Labute approximate surface area is 211 Å². The van der Waals surface area contributed by atoms with Crippen LogP contribution in [0.3, 0.4) is 0 Å². The van der Waals surface area contributed by atoms with Crippen LogP contribution < -0.4 is 14.8 Å². The van der Waals surface area contributed by atoms with Crippen LogP contribution in [-0.4, -0.2) is 59.7 Å². The van der Waals surface area contributed by atoms with Crippen molar-refractivity contribution in [3.63, 3.8) is 0 Å². The Morgan fingerprint density at radius 1 is 1.19 bits per heavy atom. The molecule has 0 unspecified atom stereocenters. The van der Waals surface area contributed by atoms with Gasteiger partial charge >= 0.3 is 0 Å². The van der Waals surface area contributed by atoms with E-state index in [2.05, 4.69) is 39.8 Å². The molecule has 2 aromatic carbocycles. The van der Waals surface area contributed by atoms with E-state index >= 15 is 0 Å². The molecule has 1 amide bonds. The number of aromatic nitrogens is 3. The average molecular weight is 486 g/mol. The molecule has 4 aromatic rings. The number of anilines is 1. The van der Waals surface area contributed by atoms with Crippen molar-refractivity contribution in [3.05, 3.63) is 78.9 Å². The van der Waals surface area contributed by atoms with E-state index < -0.39 is 0 Å². The number of aryl methyl sites for hydroxylation is 1. The molecule has 0 saturated heterocycles. The van der Waals surface area contributed by atoms with Gasteiger partial charge in [-0.1, -0.05) is 24.8 Å². The van der Waals surface area contributed by atoms with Crippen molar-refractivity contribution in [2.75, 3.05) is 39.7 Å². The number of rotatable bonds is 10. The molecule has 0 spiro atoms. The molecule has 0 atom stereocenters. The highest BCUT2D eigenvalue weighted by atomic mass is 16.5. The first kappa shape index (κ1) is 24.9. The first-order valence-electron chi connectivity index (χ1n) is 11.7. The number of likely N-dealkylation sites (N-methyl/N-ethyl adjacent to an activating group) is 1. The third-order valence-electron chi connectivity index (χ3n) is 5.85. The maximum Gasteiger partial charge on any atom is 0.247 e. The molecule has 8 heteroatoms. The number of para-hydroxylation sites is 1. The van der Waals surface area contributed by atoms with E-state index in [1.807, 2.05) is 50.3 Å². The van der Waals surface area contributed by atoms with Crippen molar-refractivity contribution in [2.45, 2.75) is 6.42 Å². The highest BCUT2D eigenvalue weighted by molar-refractivity contribution is 6.00. The summed E-state index contributed by atoms with van der Waals surface area (Å²) in [6.07, 6.45) is 5.49. The summed E-state index contributed by atoms with van der Waals surface area (Å²) in [4.78, 5) is 23.5. The normalized spacial score (nSPS) is 11.0. The molecule has 0 bridgehead atoms. The van der Waals surface area contributed by atoms with Gasteiger partial charge in [0.1, 0.15) is 23.9 Å². The molecule has 0 aliphatic carbocycles. The first-order valence-corrected chi connectivity index (χ1v) is 11.7. The Hall–Kier alpha value is -4.17. The molecule has 186 valence electrons. The van der Waals surface area contributed by atoms with Crippen LogP contribution in [0.4, 0.5) is 5.69 Å². The summed E-state index contributed by atoms with van der Waals surface area (Å²) < 4.78 is 13.7. The predicted octanol–water partition coefficient (Wildman–Crippen LogP) is 4.30. The Kier molecular flexibility index (Phi) is 7.65. The van der Waals surface area contributed by atoms with Crippen molar-refractivity contribution in [1.29, 1.82) is 0 Å². The summed E-state index contributed by atoms with van der Waals surface area (Å²) in [5.41, 5.74) is 4.40. The lowest BCUT2D eigenvalue weighted by Crippen LogP contribution is -2.20. The quantitative estimate of drug-likeness (QED) is 0.337. The number of amides is 1. The molecule has 8 nitrogen and oxygen atoms in total. The Bertz CT molecular complexity index is 1390. The monoisotopic (exact) mass is 485 g/mol. The fourth-order valence-corrected chi connectivity index (χ4v) is 4.02. The van der Waals surface area contributed by atoms with E-state index in [4.69, 9.17) is 14.5 Å². The number of fused-ring (bicyclic) bond motifs is 1. The summed E-state index contributed by atoms with van der Waals surface area (Å²) in [6, 6.07) is 13.8. The minimum absolute atomic E-state index is 0.322. The molecule has 0 fully saturated rings. The van der Waals surface area contributed by atoms with Crippen LogP contribution in [-0.2, 0) is 18.3 Å². The van der Waals surface area contributed by atoms with Gasteiger partial charge in [-0.05, 0) is 38.4 Å². The number of benzene rings is 2. The van der Waals surface area contributed by atoms with Gasteiger partial charge in [0, 0.05) is 60.5 Å². The van der Waals surface area contributed by atoms with Crippen molar-refractivity contribution < 1.29 is 14.3 Å². The zero-order valence-corrected chi connectivity index (χ0v) is 21.1. The van der Waals surface area contributed by atoms with Crippen molar-refractivity contribution in [2.24, 2.45) is 7.05 Å². The highest BCUT2D eigenvalue weighted by Crippen LogP contribution is 2.35. The standard InChI is InChI=1S/C28H31N5O3/c1-6-28(34)31-23-15-19(25(35-5)17-26(23)36-14-13-32(2)3)16-27-29-12-11-22(30-27)21-18-33(4)24-10-8-7-9-20(21)24/h6-12,15,17-18H,1,13-14,16H2,2-5H3,(H,31,34). The molecule has 0 radical (unpaired) electrons. The molecule has 2 heterocycles. The van der Waals surface area contributed by atoms with Crippen LogP contribution in [0.5, 0.6) is 11.5 Å². The maximum absolute atomic E-state index is 12.1. The van der Waals surface area contributed by atoms with Crippen LogP contribution in [0, 0.1) is 0 Å². The minimum atomic E-state index is -0.322. The van der Waals surface area contributed by atoms with E-state index in [1.54, 1.807) is 19.4 Å². The Morgan fingerprint density at radius 2 is 2.00 bits per heavy atom. The van der Waals surface area contributed by atoms with Gasteiger partial charge < -0.3 is 24.3 Å². The van der Waals surface area contributed by atoms with Crippen LogP contribution in [0.25, 0.3) is 22.2 Å². The number of nitrogens with one attached hydrogen (secondary N) is 1. The summed E-state index contributed by atoms with van der Waals surface area (Å²) in [5.74, 6) is 1.47. The summed E-state index contributed by atoms with van der Waals surface area (Å²) in [6.45, 7) is 4.74. The van der Waals surface area contributed by atoms with Gasteiger partial charge in [0.25, 0.3) is 0 Å². The molecule has 0 saturated carbocycles. The third-order valence-corrected chi connectivity index (χ3v) is 5.85. The topological polar surface area (TPSA) is 81.5 Å². The van der Waals surface area contributed by atoms with Crippen molar-refractivity contribution >= 4 is 22.5 Å². The second kappa shape index (κ2) is 11.0. The summed E-state index contributed by atoms with van der Waals surface area (Å²) in [7, 11) is 7.58. The number of carbonyl (C=O) groups is 1. The van der Waals surface area contributed by atoms with Gasteiger partial charge in [0.15, 0.2) is 0 Å². The zero-order chi connectivity index (χ0) is 25.7. The SMILES string of the molecule is C=CC(=O)Nc1cc(Cc2nccc(-c3cn(C)c4ccccc34)n2)c(OC)cc1OCCN(C)C. The highest BCUT2D eigenvalue weighted by Gasteiger charge is 2.16. The summed E-state index contributed by atoms with van der Waals surface area (Å²) in [5, 5.41) is 3.98. The summed E-state index contributed by atoms with van der Waals surface area (Å²) >= 11 is 0. The van der Waals surface area contributed by atoms with Gasteiger partial charge in [-0.2, -0.15) is 0 Å². The molecule has 4 rings (SSSR count). The fourth-order valence-electron chi connectivity index (χ4n) is 4.02. The van der Waals surface area contributed by atoms with Gasteiger partial charge in [0.2, 0.25) is 5.91 Å². The maximum atomic E-state index is 12.1. The van der Waals surface area contributed by atoms with E-state index in [1.165, 1.54) is 6.08 Å². The lowest BCUT2D eigenvalue weighted by Gasteiger charge is -2.17. The predicted molar refractivity (Wildman–Crippen MR) is 143 cm³/mol. The molecular formula is C28H31N5O3. The third kappa shape index (κ3) is 5.55. The zero-order valence-electron chi connectivity index (χ0n) is 21.1. The molecule has 0 aliphatic rings.